The van der Waals surface area contributed by atoms with Gasteiger partial charge in [-0.3, -0.25) is 9.80 Å². The summed E-state index contributed by atoms with van der Waals surface area (Å²) in [6.07, 6.45) is 0.370. The predicted molar refractivity (Wildman–Crippen MR) is 70.9 cm³/mol. The zero-order valence-electron chi connectivity index (χ0n) is 9.95. The number of hydrazine groups is 1. The predicted octanol–water partition coefficient (Wildman–Crippen LogP) is 2.50. The maximum Gasteiger partial charge on any atom is 0.277 e. The lowest BCUT2D eigenvalue weighted by molar-refractivity contribution is -0.139. The van der Waals surface area contributed by atoms with E-state index < -0.39 is 6.10 Å². The molecular weight excluding hydrogens is 275 g/mol. The molecule has 1 aromatic carbocycles. The van der Waals surface area contributed by atoms with Crippen molar-refractivity contribution in [3.05, 3.63) is 28.2 Å². The van der Waals surface area contributed by atoms with Gasteiger partial charge in [-0.05, 0) is 31.5 Å². The molecule has 0 radical (unpaired) electrons. The van der Waals surface area contributed by atoms with Crippen LogP contribution in [-0.4, -0.2) is 30.1 Å². The first-order chi connectivity index (χ1) is 8.58. The van der Waals surface area contributed by atoms with Crippen molar-refractivity contribution in [2.75, 3.05) is 13.1 Å². The minimum Gasteiger partial charge on any atom is -0.479 e. The summed E-state index contributed by atoms with van der Waals surface area (Å²) in [4.78, 5) is 12.0. The van der Waals surface area contributed by atoms with Gasteiger partial charge in [0.25, 0.3) is 5.91 Å². The van der Waals surface area contributed by atoms with Gasteiger partial charge in [0.15, 0.2) is 6.10 Å². The second kappa shape index (κ2) is 5.78. The fraction of sp³-hybridized carbons (Fsp3) is 0.417. The van der Waals surface area contributed by atoms with Gasteiger partial charge in [0.1, 0.15) is 5.75 Å². The number of hydrogen-bond donors (Lipinski definition) is 1. The first-order valence-corrected chi connectivity index (χ1v) is 6.50. The highest BCUT2D eigenvalue weighted by atomic mass is 35.5. The number of benzene rings is 1. The lowest BCUT2D eigenvalue weighted by Gasteiger charge is -2.21. The second-order valence-electron chi connectivity index (χ2n) is 4.09. The molecule has 0 bridgehead atoms. The van der Waals surface area contributed by atoms with Crippen molar-refractivity contribution in [2.45, 2.75) is 19.4 Å². The molecule has 0 spiro atoms. The molecular formula is C12H14Cl2N2O2. The van der Waals surface area contributed by atoms with Crippen LogP contribution in [0.1, 0.15) is 13.3 Å². The molecule has 1 aromatic rings. The molecule has 1 N–H and O–H groups in total. The van der Waals surface area contributed by atoms with Crippen LogP contribution in [0.4, 0.5) is 0 Å². The van der Waals surface area contributed by atoms with E-state index in [-0.39, 0.29) is 5.91 Å². The van der Waals surface area contributed by atoms with Crippen molar-refractivity contribution in [1.82, 2.24) is 10.4 Å². The second-order valence-corrected chi connectivity index (χ2v) is 4.93. The van der Waals surface area contributed by atoms with Crippen molar-refractivity contribution in [3.8, 4) is 5.75 Å². The molecule has 1 aliphatic rings. The fourth-order valence-corrected chi connectivity index (χ4v) is 2.20. The van der Waals surface area contributed by atoms with Crippen molar-refractivity contribution < 1.29 is 9.53 Å². The molecule has 1 aliphatic heterocycles. The highest BCUT2D eigenvalue weighted by Crippen LogP contribution is 2.28. The van der Waals surface area contributed by atoms with Gasteiger partial charge in [-0.1, -0.05) is 23.2 Å². The maximum atomic E-state index is 12.0. The Hall–Kier alpha value is -0.970. The Labute approximate surface area is 116 Å². The Balaban J connectivity index is 2.01. The SMILES string of the molecule is CC(Oc1ccc(Cl)cc1Cl)C(=O)N1CCCN1. The van der Waals surface area contributed by atoms with Gasteiger partial charge in [0.2, 0.25) is 0 Å². The monoisotopic (exact) mass is 288 g/mol. The molecule has 0 aromatic heterocycles. The number of carbonyl (C=O) groups excluding carboxylic acids is 1. The molecule has 0 saturated carbocycles. The van der Waals surface area contributed by atoms with Crippen LogP contribution in [0.5, 0.6) is 5.75 Å². The highest BCUT2D eigenvalue weighted by molar-refractivity contribution is 6.35. The van der Waals surface area contributed by atoms with E-state index in [1.165, 1.54) is 0 Å². The average molecular weight is 289 g/mol. The molecule has 1 saturated heterocycles. The van der Waals surface area contributed by atoms with E-state index in [4.69, 9.17) is 27.9 Å². The smallest absolute Gasteiger partial charge is 0.277 e. The Bertz CT molecular complexity index is 448. The lowest BCUT2D eigenvalue weighted by atomic mass is 10.3. The Morgan fingerprint density at radius 1 is 1.50 bits per heavy atom. The maximum absolute atomic E-state index is 12.0. The van der Waals surface area contributed by atoms with Gasteiger partial charge >= 0.3 is 0 Å². The van der Waals surface area contributed by atoms with Crippen LogP contribution >= 0.6 is 23.2 Å². The summed E-state index contributed by atoms with van der Waals surface area (Å²) in [6, 6.07) is 4.92. The van der Waals surface area contributed by atoms with Crippen LogP contribution in [0.25, 0.3) is 0 Å². The van der Waals surface area contributed by atoms with Gasteiger partial charge in [-0.25, -0.2) is 5.43 Å². The number of hydrogen-bond acceptors (Lipinski definition) is 3. The van der Waals surface area contributed by atoms with Crippen molar-refractivity contribution >= 4 is 29.1 Å². The first kappa shape index (κ1) is 13.5. The molecule has 1 unspecified atom stereocenters. The van der Waals surface area contributed by atoms with Crippen molar-refractivity contribution in [3.63, 3.8) is 0 Å². The van der Waals surface area contributed by atoms with Gasteiger partial charge in [-0.2, -0.15) is 0 Å². The molecule has 1 amide bonds. The molecule has 18 heavy (non-hydrogen) atoms. The van der Waals surface area contributed by atoms with Gasteiger partial charge in [0, 0.05) is 18.1 Å². The number of halogens is 2. The summed E-state index contributed by atoms with van der Waals surface area (Å²) in [5, 5.41) is 2.51. The minimum absolute atomic E-state index is 0.0986. The number of nitrogens with zero attached hydrogens (tertiary/aromatic N) is 1. The van der Waals surface area contributed by atoms with Crippen LogP contribution in [0.15, 0.2) is 18.2 Å². The first-order valence-electron chi connectivity index (χ1n) is 5.74. The largest absolute Gasteiger partial charge is 0.479 e. The summed E-state index contributed by atoms with van der Waals surface area (Å²) in [5.74, 6) is 0.361. The van der Waals surface area contributed by atoms with Crippen LogP contribution in [0.2, 0.25) is 10.0 Å². The fourth-order valence-electron chi connectivity index (χ4n) is 1.75. The summed E-state index contributed by atoms with van der Waals surface area (Å²) in [7, 11) is 0. The van der Waals surface area contributed by atoms with E-state index in [1.807, 2.05) is 0 Å². The average Bonchev–Trinajstić information content (AvgIpc) is 2.85. The van der Waals surface area contributed by atoms with E-state index in [9.17, 15) is 4.79 Å². The molecule has 1 heterocycles. The van der Waals surface area contributed by atoms with Crippen LogP contribution in [0.3, 0.4) is 0 Å². The van der Waals surface area contributed by atoms with Crippen LogP contribution in [0, 0.1) is 0 Å². The van der Waals surface area contributed by atoms with E-state index in [1.54, 1.807) is 30.1 Å². The van der Waals surface area contributed by atoms with Gasteiger partial charge in [0.05, 0.1) is 5.02 Å². The molecule has 2 rings (SSSR count). The third kappa shape index (κ3) is 3.07. The third-order valence-corrected chi connectivity index (χ3v) is 3.20. The molecule has 4 nitrogen and oxygen atoms in total. The van der Waals surface area contributed by atoms with E-state index in [2.05, 4.69) is 5.43 Å². The number of ether oxygens (including phenoxy) is 1. The number of nitrogens with one attached hydrogen (secondary N) is 1. The topological polar surface area (TPSA) is 41.6 Å². The van der Waals surface area contributed by atoms with Crippen LogP contribution in [-0.2, 0) is 4.79 Å². The summed E-state index contributed by atoms with van der Waals surface area (Å²) in [5.41, 5.74) is 3.00. The number of rotatable bonds is 3. The Morgan fingerprint density at radius 3 is 2.89 bits per heavy atom. The lowest BCUT2D eigenvalue weighted by Crippen LogP contribution is -2.44. The van der Waals surface area contributed by atoms with Crippen molar-refractivity contribution in [2.24, 2.45) is 0 Å². The van der Waals surface area contributed by atoms with E-state index in [0.29, 0.717) is 22.3 Å². The summed E-state index contributed by atoms with van der Waals surface area (Å²) >= 11 is 11.8. The van der Waals surface area contributed by atoms with E-state index in [0.717, 1.165) is 13.0 Å². The Kier molecular flexibility index (Phi) is 4.32. The molecule has 1 atom stereocenters. The normalized spacial score (nSPS) is 16.7. The van der Waals surface area contributed by atoms with E-state index >= 15 is 0 Å². The zero-order chi connectivity index (χ0) is 13.1. The summed E-state index contributed by atoms with van der Waals surface area (Å²) in [6.45, 7) is 3.23. The molecule has 0 aliphatic carbocycles. The quantitative estimate of drug-likeness (QED) is 0.929. The number of carbonyl (C=O) groups is 1. The molecule has 1 fully saturated rings. The van der Waals surface area contributed by atoms with Gasteiger partial charge in [-0.15, -0.1) is 0 Å². The van der Waals surface area contributed by atoms with Gasteiger partial charge < -0.3 is 4.74 Å². The zero-order valence-corrected chi connectivity index (χ0v) is 11.5. The third-order valence-electron chi connectivity index (χ3n) is 2.67. The number of amides is 1. The molecule has 6 heteroatoms. The molecule has 98 valence electrons. The van der Waals surface area contributed by atoms with Crippen molar-refractivity contribution in [1.29, 1.82) is 0 Å². The Morgan fingerprint density at radius 2 is 2.28 bits per heavy atom. The van der Waals surface area contributed by atoms with Crippen LogP contribution < -0.4 is 10.2 Å². The standard InChI is InChI=1S/C12H14Cl2N2O2/c1-8(12(17)16-6-2-5-15-16)18-11-4-3-9(13)7-10(11)14/h3-4,7-8,15H,2,5-6H2,1H3. The summed E-state index contributed by atoms with van der Waals surface area (Å²) < 4.78 is 5.55. The minimum atomic E-state index is -0.589. The highest BCUT2D eigenvalue weighted by Gasteiger charge is 2.24.